The van der Waals surface area contributed by atoms with E-state index in [9.17, 15) is 0 Å². The third-order valence-corrected chi connectivity index (χ3v) is 11.9. The zero-order valence-corrected chi connectivity index (χ0v) is 45.8. The molecule has 0 spiro atoms. The van der Waals surface area contributed by atoms with Crippen molar-refractivity contribution in [2.24, 2.45) is 20.0 Å². The van der Waals surface area contributed by atoms with Crippen molar-refractivity contribution in [2.45, 2.75) is 34.6 Å². The van der Waals surface area contributed by atoms with E-state index < -0.39 is 0 Å². The fraction of sp³-hybridized carbons (Fsp3) is 0.0820. The van der Waals surface area contributed by atoms with Crippen LogP contribution in [0.1, 0.15) is 72.8 Å². The molecule has 0 fully saturated rings. The second-order valence-corrected chi connectivity index (χ2v) is 20.3. The molecule has 12 heteroatoms. The van der Waals surface area contributed by atoms with Crippen molar-refractivity contribution in [1.29, 1.82) is 0 Å². The van der Waals surface area contributed by atoms with Gasteiger partial charge in [-0.3, -0.25) is 0 Å². The average molecular weight is 1120 g/mol. The summed E-state index contributed by atoms with van der Waals surface area (Å²) in [4.78, 5) is 31.8. The molecule has 2 heterocycles. The molecule has 0 aliphatic heterocycles. The molecule has 0 N–H and O–H groups in total. The molecular weight excluding hydrogens is 1070 g/mol. The zero-order chi connectivity index (χ0) is 51.5. The fourth-order valence-corrected chi connectivity index (χ4v) is 7.90. The van der Waals surface area contributed by atoms with Crippen LogP contribution in [0.2, 0.25) is 0 Å². The zero-order valence-electron chi connectivity index (χ0n) is 40.6. The SMILES string of the molecule is Cc1cc(N=C(c2ccccc2)c2cccc(C(=Nc3cccc(C)c3C)c3ccccc3)n2)ccc1N=C(c1ccccc1)c1cccc(C(=Nc2cccc(C)c2C)c2ccccc2)n1.[Cl][Fe][Cl].[Cl][Fe][Cl]. The van der Waals surface area contributed by atoms with Crippen LogP contribution in [0, 0.1) is 34.6 Å². The van der Waals surface area contributed by atoms with Gasteiger partial charge in [0.25, 0.3) is 0 Å². The summed E-state index contributed by atoms with van der Waals surface area (Å²) in [5.74, 6) is 0. The minimum absolute atomic E-state index is 0.194. The summed E-state index contributed by atoms with van der Waals surface area (Å²) in [5, 5.41) is 0. The Morgan fingerprint density at radius 2 is 0.616 bits per heavy atom. The number of hydrogen-bond donors (Lipinski definition) is 0. The monoisotopic (exact) mass is 1120 g/mol. The predicted octanol–water partition coefficient (Wildman–Crippen LogP) is 17.4. The Morgan fingerprint density at radius 1 is 0.315 bits per heavy atom. The first-order valence-electron chi connectivity index (χ1n) is 23.1. The van der Waals surface area contributed by atoms with Gasteiger partial charge in [-0.2, -0.15) is 0 Å². The van der Waals surface area contributed by atoms with Crippen LogP contribution in [-0.2, 0) is 26.3 Å². The first kappa shape index (κ1) is 54.5. The first-order chi connectivity index (χ1) is 35.6. The van der Waals surface area contributed by atoms with Crippen LogP contribution in [0.5, 0.6) is 0 Å². The van der Waals surface area contributed by atoms with Crippen molar-refractivity contribution in [3.8, 4) is 0 Å². The van der Waals surface area contributed by atoms with Gasteiger partial charge >= 0.3 is 66.7 Å². The van der Waals surface area contributed by atoms with Gasteiger partial charge in [0, 0.05) is 22.3 Å². The molecule has 73 heavy (non-hydrogen) atoms. The van der Waals surface area contributed by atoms with E-state index in [-0.39, 0.29) is 26.3 Å². The number of aromatic nitrogens is 2. The van der Waals surface area contributed by atoms with E-state index in [0.29, 0.717) is 0 Å². The molecule has 0 aliphatic rings. The molecule has 368 valence electrons. The van der Waals surface area contributed by atoms with Gasteiger partial charge in [0.1, 0.15) is 0 Å². The molecule has 0 bridgehead atoms. The maximum atomic E-state index is 5.36. The fourth-order valence-electron chi connectivity index (χ4n) is 7.90. The Morgan fingerprint density at radius 3 is 0.945 bits per heavy atom. The number of benzene rings is 7. The van der Waals surface area contributed by atoms with Crippen LogP contribution >= 0.6 is 40.4 Å². The number of aryl methyl sites for hydroxylation is 3. The van der Waals surface area contributed by atoms with E-state index in [1.54, 1.807) is 0 Å². The topological polar surface area (TPSA) is 75.2 Å². The predicted molar refractivity (Wildman–Crippen MR) is 302 cm³/mol. The first-order valence-corrected chi connectivity index (χ1v) is 29.2. The molecule has 6 nitrogen and oxygen atoms in total. The summed E-state index contributed by atoms with van der Waals surface area (Å²) in [6, 6.07) is 71.7. The molecular formula is C61H50Cl4Fe2N6. The second kappa shape index (κ2) is 27.7. The van der Waals surface area contributed by atoms with E-state index in [1.165, 1.54) is 11.1 Å². The summed E-state index contributed by atoms with van der Waals surface area (Å²) >= 11 is 0.389. The van der Waals surface area contributed by atoms with E-state index in [2.05, 4.69) is 126 Å². The Balaban J connectivity index is 0.00000124. The number of rotatable bonds is 12. The molecule has 0 atom stereocenters. The summed E-state index contributed by atoms with van der Waals surface area (Å²) in [7, 11) is 19.1. The summed E-state index contributed by atoms with van der Waals surface area (Å²) in [5.41, 5.74) is 19.0. The van der Waals surface area contributed by atoms with Gasteiger partial charge in [0.15, 0.2) is 0 Å². The Bertz CT molecular complexity index is 3390. The molecule has 0 saturated heterocycles. The number of hydrogen-bond acceptors (Lipinski definition) is 6. The normalized spacial score (nSPS) is 11.9. The Labute approximate surface area is 458 Å². The number of pyridine rings is 2. The van der Waals surface area contributed by atoms with Gasteiger partial charge in [-0.1, -0.05) is 158 Å². The quantitative estimate of drug-likeness (QED) is 0.0903. The van der Waals surface area contributed by atoms with Crippen molar-refractivity contribution >= 4 is 86.0 Å². The summed E-state index contributed by atoms with van der Waals surface area (Å²) < 4.78 is 0. The van der Waals surface area contributed by atoms with Crippen LogP contribution < -0.4 is 0 Å². The van der Waals surface area contributed by atoms with Crippen LogP contribution in [-0.4, -0.2) is 32.8 Å². The van der Waals surface area contributed by atoms with Crippen LogP contribution in [0.15, 0.2) is 232 Å². The number of nitrogens with zero attached hydrogens (tertiary/aromatic N) is 6. The Hall–Kier alpha value is -6.28. The van der Waals surface area contributed by atoms with Gasteiger partial charge < -0.3 is 0 Å². The van der Waals surface area contributed by atoms with Crippen LogP contribution in [0.3, 0.4) is 0 Å². The van der Waals surface area contributed by atoms with E-state index in [4.69, 9.17) is 70.3 Å². The van der Waals surface area contributed by atoms with Crippen molar-refractivity contribution in [2.75, 3.05) is 0 Å². The van der Waals surface area contributed by atoms with Crippen LogP contribution in [0.25, 0.3) is 0 Å². The molecule has 9 rings (SSSR count). The van der Waals surface area contributed by atoms with Gasteiger partial charge in [-0.25, -0.2) is 29.9 Å². The summed E-state index contributed by atoms with van der Waals surface area (Å²) in [6.45, 7) is 10.5. The van der Waals surface area contributed by atoms with Crippen molar-refractivity contribution in [3.63, 3.8) is 0 Å². The van der Waals surface area contributed by atoms with Gasteiger partial charge in [-0.15, -0.1) is 0 Å². The van der Waals surface area contributed by atoms with Crippen molar-refractivity contribution in [1.82, 2.24) is 9.97 Å². The average Bonchev–Trinajstić information content (AvgIpc) is 3.42. The van der Waals surface area contributed by atoms with Gasteiger partial charge in [-0.05, 0) is 117 Å². The molecule has 0 unspecified atom stereocenters. The molecule has 0 saturated carbocycles. The number of halogens is 4. The van der Waals surface area contributed by atoms with Crippen molar-refractivity contribution < 1.29 is 26.3 Å². The van der Waals surface area contributed by atoms with E-state index in [1.807, 2.05) is 121 Å². The van der Waals surface area contributed by atoms with Crippen molar-refractivity contribution in [3.05, 3.63) is 285 Å². The minimum atomic E-state index is 0.194. The third kappa shape index (κ3) is 14.7. The molecule has 2 aromatic heterocycles. The molecule has 7 aromatic carbocycles. The van der Waals surface area contributed by atoms with Crippen LogP contribution in [0.4, 0.5) is 22.7 Å². The molecule has 0 aliphatic carbocycles. The molecule has 0 radical (unpaired) electrons. The standard InChI is InChI=1S/C61H50N6.4ClH.2Fe/c1-41-22-18-32-52(44(41)4)66-60(48-28-14-8-15-29-48)56-36-20-34-54(63-56)58(46-24-10-6-11-25-46)62-50-38-39-51(43(3)40-50)65-59(47-26-12-7-13-27-47)55-35-21-37-57(64-55)61(49-30-16-9-17-31-49)67-53-33-19-23-42(2)45(53)5;;;;;;/h6-40H,1-5H3;4*1H;;/q;;;;;2*+2/p-4. The number of aliphatic imine (C=N–C) groups is 4. The summed E-state index contributed by atoms with van der Waals surface area (Å²) in [6.07, 6.45) is 0. The molecule has 9 aromatic rings. The Kier molecular flexibility index (Phi) is 20.7. The third-order valence-electron chi connectivity index (χ3n) is 11.9. The van der Waals surface area contributed by atoms with Gasteiger partial charge in [0.05, 0.1) is 68.4 Å². The van der Waals surface area contributed by atoms with E-state index in [0.717, 1.165) is 107 Å². The second-order valence-electron chi connectivity index (χ2n) is 16.6. The maximum absolute atomic E-state index is 5.36. The van der Waals surface area contributed by atoms with Gasteiger partial charge in [0.2, 0.25) is 0 Å². The molecule has 0 amide bonds. The van der Waals surface area contributed by atoms with E-state index >= 15 is 0 Å².